The van der Waals surface area contributed by atoms with Gasteiger partial charge in [0.25, 0.3) is 0 Å². The molecule has 0 aliphatic rings. The largest absolute Gasteiger partial charge is 0.0577 e. The molecule has 0 amide bonds. The second kappa shape index (κ2) is 5.04. The molecular weight excluding hydrogens is 422 g/mol. The lowest BCUT2D eigenvalue weighted by atomic mass is 10.0. The average molecular weight is 434 g/mol. The predicted molar refractivity (Wildman–Crippen MR) is 86.8 cm³/mol. The van der Waals surface area contributed by atoms with E-state index in [1.54, 1.807) is 0 Å². The minimum atomic E-state index is 1.30. The molecular formula is C14H12I2. The summed E-state index contributed by atoms with van der Waals surface area (Å²) in [6.45, 7) is 4.30. The van der Waals surface area contributed by atoms with Gasteiger partial charge in [0.1, 0.15) is 0 Å². The Balaban J connectivity index is 2.50. The molecule has 0 saturated heterocycles. The molecule has 0 unspecified atom stereocenters. The van der Waals surface area contributed by atoms with Crippen LogP contribution in [0.5, 0.6) is 0 Å². The first-order chi connectivity index (χ1) is 7.58. The first kappa shape index (κ1) is 12.4. The van der Waals surface area contributed by atoms with E-state index in [2.05, 4.69) is 95.4 Å². The van der Waals surface area contributed by atoms with E-state index < -0.39 is 0 Å². The Morgan fingerprint density at radius 2 is 1.31 bits per heavy atom. The van der Waals surface area contributed by atoms with Crippen LogP contribution < -0.4 is 0 Å². The number of benzene rings is 2. The molecule has 2 rings (SSSR count). The van der Waals surface area contributed by atoms with Crippen molar-refractivity contribution >= 4 is 45.2 Å². The van der Waals surface area contributed by atoms with Crippen LogP contribution in [0.1, 0.15) is 11.1 Å². The number of hydrogen-bond donors (Lipinski definition) is 0. The third-order valence-corrected chi connectivity index (χ3v) is 5.04. The van der Waals surface area contributed by atoms with Crippen LogP contribution in [0.25, 0.3) is 11.1 Å². The highest BCUT2D eigenvalue weighted by atomic mass is 127. The molecule has 16 heavy (non-hydrogen) atoms. The zero-order chi connectivity index (χ0) is 11.7. The third kappa shape index (κ3) is 2.59. The molecule has 82 valence electrons. The molecule has 0 aromatic heterocycles. The summed E-state index contributed by atoms with van der Waals surface area (Å²) in [6.07, 6.45) is 0. The molecule has 0 aliphatic heterocycles. The summed E-state index contributed by atoms with van der Waals surface area (Å²) in [5.41, 5.74) is 5.28. The van der Waals surface area contributed by atoms with Crippen LogP contribution in [0, 0.1) is 21.0 Å². The topological polar surface area (TPSA) is 0 Å². The highest BCUT2D eigenvalue weighted by Gasteiger charge is 2.02. The summed E-state index contributed by atoms with van der Waals surface area (Å²) in [5.74, 6) is 0. The van der Waals surface area contributed by atoms with Gasteiger partial charge in [-0.3, -0.25) is 0 Å². The summed E-state index contributed by atoms with van der Waals surface area (Å²) < 4.78 is 2.65. The van der Waals surface area contributed by atoms with E-state index in [1.165, 1.54) is 29.4 Å². The molecule has 0 heterocycles. The Hall–Kier alpha value is -0.100. The summed E-state index contributed by atoms with van der Waals surface area (Å²) >= 11 is 4.76. The highest BCUT2D eigenvalue weighted by molar-refractivity contribution is 14.1. The first-order valence-corrected chi connectivity index (χ1v) is 7.26. The van der Waals surface area contributed by atoms with E-state index in [-0.39, 0.29) is 0 Å². The van der Waals surface area contributed by atoms with Gasteiger partial charge in [0.05, 0.1) is 0 Å². The average Bonchev–Trinajstić information content (AvgIpc) is 2.26. The van der Waals surface area contributed by atoms with Gasteiger partial charge in [-0.2, -0.15) is 0 Å². The van der Waals surface area contributed by atoms with Crippen LogP contribution in [-0.4, -0.2) is 0 Å². The molecule has 0 nitrogen and oxygen atoms in total. The first-order valence-electron chi connectivity index (χ1n) is 5.10. The van der Waals surface area contributed by atoms with Gasteiger partial charge in [0.2, 0.25) is 0 Å². The van der Waals surface area contributed by atoms with Crippen molar-refractivity contribution in [2.24, 2.45) is 0 Å². The maximum Gasteiger partial charge on any atom is 0.0165 e. The minimum absolute atomic E-state index is 1.30. The van der Waals surface area contributed by atoms with E-state index >= 15 is 0 Å². The highest BCUT2D eigenvalue weighted by Crippen LogP contribution is 2.25. The molecule has 0 bridgehead atoms. The van der Waals surface area contributed by atoms with E-state index in [0.717, 1.165) is 0 Å². The van der Waals surface area contributed by atoms with Crippen molar-refractivity contribution in [3.8, 4) is 11.1 Å². The lowest BCUT2D eigenvalue weighted by Crippen LogP contribution is -1.85. The Labute approximate surface area is 124 Å². The Bertz CT molecular complexity index is 481. The third-order valence-electron chi connectivity index (χ3n) is 2.66. The molecule has 2 aromatic carbocycles. The summed E-state index contributed by atoms with van der Waals surface area (Å²) in [7, 11) is 0. The van der Waals surface area contributed by atoms with Gasteiger partial charge >= 0.3 is 0 Å². The van der Waals surface area contributed by atoms with E-state index in [1.807, 2.05) is 0 Å². The molecule has 2 heteroatoms. The molecule has 0 spiro atoms. The molecule has 2 aromatic rings. The number of rotatable bonds is 1. The second-order valence-electron chi connectivity index (χ2n) is 3.93. The van der Waals surface area contributed by atoms with Crippen molar-refractivity contribution < 1.29 is 0 Å². The zero-order valence-electron chi connectivity index (χ0n) is 9.22. The standard InChI is InChI=1S/C14H12I2/c1-9-3-4-12(8-14(9)16)11-5-6-13(15)10(2)7-11/h3-8H,1-2H3. The zero-order valence-corrected chi connectivity index (χ0v) is 13.5. The van der Waals surface area contributed by atoms with Gasteiger partial charge in [-0.05, 0) is 93.4 Å². The maximum absolute atomic E-state index is 2.39. The molecule has 0 fully saturated rings. The summed E-state index contributed by atoms with van der Waals surface area (Å²) in [4.78, 5) is 0. The lowest BCUT2D eigenvalue weighted by Gasteiger charge is -2.06. The fraction of sp³-hybridized carbons (Fsp3) is 0.143. The van der Waals surface area contributed by atoms with Gasteiger partial charge in [-0.25, -0.2) is 0 Å². The van der Waals surface area contributed by atoms with Gasteiger partial charge in [0, 0.05) is 7.14 Å². The van der Waals surface area contributed by atoms with Crippen LogP contribution in [0.2, 0.25) is 0 Å². The quantitative estimate of drug-likeness (QED) is 0.543. The lowest BCUT2D eigenvalue weighted by molar-refractivity contribution is 1.40. The number of halogens is 2. The molecule has 0 N–H and O–H groups in total. The van der Waals surface area contributed by atoms with Gasteiger partial charge in [0.15, 0.2) is 0 Å². The van der Waals surface area contributed by atoms with Crippen molar-refractivity contribution in [2.45, 2.75) is 13.8 Å². The SMILES string of the molecule is Cc1cc(-c2ccc(C)c(I)c2)ccc1I. The van der Waals surface area contributed by atoms with Crippen LogP contribution in [0.4, 0.5) is 0 Å². The van der Waals surface area contributed by atoms with Crippen LogP contribution in [-0.2, 0) is 0 Å². The van der Waals surface area contributed by atoms with Gasteiger partial charge < -0.3 is 0 Å². The van der Waals surface area contributed by atoms with Crippen molar-refractivity contribution in [3.63, 3.8) is 0 Å². The summed E-state index contributed by atoms with van der Waals surface area (Å²) in [6, 6.07) is 13.2. The molecule has 0 aliphatic carbocycles. The Morgan fingerprint density at radius 3 is 1.94 bits per heavy atom. The monoisotopic (exact) mass is 434 g/mol. The van der Waals surface area contributed by atoms with E-state index in [9.17, 15) is 0 Å². The van der Waals surface area contributed by atoms with Gasteiger partial charge in [-0.15, -0.1) is 0 Å². The van der Waals surface area contributed by atoms with E-state index in [0.29, 0.717) is 0 Å². The fourth-order valence-corrected chi connectivity index (χ4v) is 2.45. The molecule has 0 atom stereocenters. The van der Waals surface area contributed by atoms with Crippen molar-refractivity contribution in [1.29, 1.82) is 0 Å². The maximum atomic E-state index is 2.39. The minimum Gasteiger partial charge on any atom is -0.0577 e. The Kier molecular flexibility index (Phi) is 3.89. The van der Waals surface area contributed by atoms with Crippen LogP contribution in [0.3, 0.4) is 0 Å². The molecule has 0 saturated carbocycles. The van der Waals surface area contributed by atoms with Crippen molar-refractivity contribution in [3.05, 3.63) is 54.7 Å². The van der Waals surface area contributed by atoms with Crippen molar-refractivity contribution in [1.82, 2.24) is 0 Å². The second-order valence-corrected chi connectivity index (χ2v) is 6.25. The summed E-state index contributed by atoms with van der Waals surface area (Å²) in [5, 5.41) is 0. The normalized spacial score (nSPS) is 10.5. The van der Waals surface area contributed by atoms with E-state index in [4.69, 9.17) is 0 Å². The predicted octanol–water partition coefficient (Wildman–Crippen LogP) is 5.18. The van der Waals surface area contributed by atoms with Crippen molar-refractivity contribution in [2.75, 3.05) is 0 Å². The number of aryl methyl sites for hydroxylation is 2. The fourth-order valence-electron chi connectivity index (χ4n) is 1.60. The smallest absolute Gasteiger partial charge is 0.0165 e. The molecule has 0 radical (unpaired) electrons. The Morgan fingerprint density at radius 1 is 0.688 bits per heavy atom. The van der Waals surface area contributed by atoms with Crippen LogP contribution in [0.15, 0.2) is 36.4 Å². The van der Waals surface area contributed by atoms with Gasteiger partial charge in [-0.1, -0.05) is 24.3 Å². The van der Waals surface area contributed by atoms with Crippen LogP contribution >= 0.6 is 45.2 Å². The number of hydrogen-bond acceptors (Lipinski definition) is 0.